The van der Waals surface area contributed by atoms with Crippen molar-refractivity contribution in [2.24, 2.45) is 0 Å². The molecule has 1 unspecified atom stereocenters. The summed E-state index contributed by atoms with van der Waals surface area (Å²) in [5.74, 6) is 0.0530. The van der Waals surface area contributed by atoms with Crippen LogP contribution in [0.2, 0.25) is 0 Å². The van der Waals surface area contributed by atoms with Crippen LogP contribution in [0.5, 0.6) is 0 Å². The summed E-state index contributed by atoms with van der Waals surface area (Å²) in [7, 11) is 0. The summed E-state index contributed by atoms with van der Waals surface area (Å²) < 4.78 is 0. The Hall–Kier alpha value is -1.35. The third-order valence-electron chi connectivity index (χ3n) is 3.89. The molecule has 0 radical (unpaired) electrons. The maximum Gasteiger partial charge on any atom is 0.237 e. The molecule has 1 amide bonds. The van der Waals surface area contributed by atoms with Gasteiger partial charge in [-0.05, 0) is 52.2 Å². The second-order valence-corrected chi connectivity index (χ2v) is 6.19. The summed E-state index contributed by atoms with van der Waals surface area (Å²) in [6.45, 7) is 12.3. The van der Waals surface area contributed by atoms with Crippen LogP contribution in [0.25, 0.3) is 0 Å². The number of hydrogen-bond donors (Lipinski definition) is 2. The van der Waals surface area contributed by atoms with Crippen molar-refractivity contribution in [2.75, 3.05) is 0 Å². The molecule has 0 aliphatic rings. The number of rotatable bonds is 6. The highest BCUT2D eigenvalue weighted by Gasteiger charge is 2.23. The average Bonchev–Trinajstić information content (AvgIpc) is 2.38. The molecule has 0 spiro atoms. The summed E-state index contributed by atoms with van der Waals surface area (Å²) in [5.41, 5.74) is 2.33. The molecule has 3 heteroatoms. The van der Waals surface area contributed by atoms with Gasteiger partial charge in [-0.1, -0.05) is 31.2 Å². The summed E-state index contributed by atoms with van der Waals surface area (Å²) in [4.78, 5) is 12.2. The Labute approximate surface area is 123 Å². The topological polar surface area (TPSA) is 41.1 Å². The molecule has 2 N–H and O–H groups in total. The van der Waals surface area contributed by atoms with Crippen LogP contribution in [0.15, 0.2) is 24.3 Å². The minimum atomic E-state index is -0.213. The summed E-state index contributed by atoms with van der Waals surface area (Å²) in [6, 6.07) is 8.21. The number of amides is 1. The summed E-state index contributed by atoms with van der Waals surface area (Å²) >= 11 is 0. The van der Waals surface area contributed by atoms with E-state index in [0.29, 0.717) is 0 Å². The molecule has 0 saturated carbocycles. The highest BCUT2D eigenvalue weighted by Crippen LogP contribution is 2.17. The minimum absolute atomic E-state index is 0.0530. The van der Waals surface area contributed by atoms with Gasteiger partial charge in [-0.3, -0.25) is 10.1 Å². The molecular formula is C17H28N2O. The smallest absolute Gasteiger partial charge is 0.237 e. The molecule has 0 aliphatic heterocycles. The van der Waals surface area contributed by atoms with Crippen molar-refractivity contribution in [2.45, 2.75) is 65.6 Å². The van der Waals surface area contributed by atoms with Gasteiger partial charge in [0.1, 0.15) is 0 Å². The molecule has 20 heavy (non-hydrogen) atoms. The Kier molecular flexibility index (Phi) is 5.75. The summed E-state index contributed by atoms with van der Waals surface area (Å²) in [6.07, 6.45) is 0.915. The lowest BCUT2D eigenvalue weighted by Crippen LogP contribution is -2.51. The van der Waals surface area contributed by atoms with E-state index in [-0.39, 0.29) is 23.5 Å². The van der Waals surface area contributed by atoms with Gasteiger partial charge in [-0.2, -0.15) is 0 Å². The SMILES string of the molecule is CCC(C)(C)NC(=O)C(C)N[C@H](C)c1ccccc1C. The number of benzene rings is 1. The Morgan fingerprint density at radius 3 is 2.40 bits per heavy atom. The number of aryl methyl sites for hydroxylation is 1. The van der Waals surface area contributed by atoms with Gasteiger partial charge in [0.25, 0.3) is 0 Å². The number of carbonyl (C=O) groups excluding carboxylic acids is 1. The van der Waals surface area contributed by atoms with Gasteiger partial charge in [0.2, 0.25) is 5.91 Å². The largest absolute Gasteiger partial charge is 0.350 e. The first-order valence-corrected chi connectivity index (χ1v) is 7.40. The zero-order valence-electron chi connectivity index (χ0n) is 13.6. The lowest BCUT2D eigenvalue weighted by molar-refractivity contribution is -0.124. The van der Waals surface area contributed by atoms with Crippen LogP contribution in [-0.4, -0.2) is 17.5 Å². The number of nitrogens with one attached hydrogen (secondary N) is 2. The molecule has 1 aromatic rings. The van der Waals surface area contributed by atoms with Crippen LogP contribution in [0, 0.1) is 6.92 Å². The van der Waals surface area contributed by atoms with Crippen LogP contribution in [0.3, 0.4) is 0 Å². The average molecular weight is 276 g/mol. The van der Waals surface area contributed by atoms with Crippen LogP contribution in [0.1, 0.15) is 58.2 Å². The van der Waals surface area contributed by atoms with Gasteiger partial charge < -0.3 is 5.32 Å². The molecule has 112 valence electrons. The molecule has 0 fully saturated rings. The normalized spacial score (nSPS) is 14.7. The van der Waals surface area contributed by atoms with Gasteiger partial charge in [-0.15, -0.1) is 0 Å². The van der Waals surface area contributed by atoms with E-state index in [1.54, 1.807) is 0 Å². The quantitative estimate of drug-likeness (QED) is 0.836. The Morgan fingerprint density at radius 2 is 1.85 bits per heavy atom. The molecule has 3 nitrogen and oxygen atoms in total. The first-order chi connectivity index (χ1) is 9.26. The van der Waals surface area contributed by atoms with Crippen LogP contribution < -0.4 is 10.6 Å². The second-order valence-electron chi connectivity index (χ2n) is 6.19. The highest BCUT2D eigenvalue weighted by molar-refractivity contribution is 5.82. The van der Waals surface area contributed by atoms with Gasteiger partial charge >= 0.3 is 0 Å². The molecule has 0 aromatic heterocycles. The standard InChI is InChI=1S/C17H28N2O/c1-7-17(5,6)19-16(20)14(4)18-13(3)15-11-9-8-10-12(15)2/h8-11,13-14,18H,7H2,1-6H3,(H,19,20)/t13-,14?/m1/s1. The third kappa shape index (κ3) is 4.64. The van der Waals surface area contributed by atoms with E-state index in [1.807, 2.05) is 32.9 Å². The van der Waals surface area contributed by atoms with E-state index in [2.05, 4.69) is 43.5 Å². The Morgan fingerprint density at radius 1 is 1.25 bits per heavy atom. The summed E-state index contributed by atoms with van der Waals surface area (Å²) in [5, 5.41) is 6.45. The van der Waals surface area contributed by atoms with E-state index in [0.717, 1.165) is 6.42 Å². The van der Waals surface area contributed by atoms with E-state index in [4.69, 9.17) is 0 Å². The number of hydrogen-bond acceptors (Lipinski definition) is 2. The molecule has 0 bridgehead atoms. The van der Waals surface area contributed by atoms with Crippen molar-refractivity contribution >= 4 is 5.91 Å². The van der Waals surface area contributed by atoms with Crippen LogP contribution in [-0.2, 0) is 4.79 Å². The van der Waals surface area contributed by atoms with E-state index >= 15 is 0 Å². The molecular weight excluding hydrogens is 248 g/mol. The van der Waals surface area contributed by atoms with Gasteiger partial charge in [0, 0.05) is 11.6 Å². The van der Waals surface area contributed by atoms with Crippen LogP contribution >= 0.6 is 0 Å². The van der Waals surface area contributed by atoms with E-state index in [9.17, 15) is 4.79 Å². The van der Waals surface area contributed by atoms with Crippen molar-refractivity contribution in [1.82, 2.24) is 10.6 Å². The zero-order chi connectivity index (χ0) is 15.3. The third-order valence-corrected chi connectivity index (χ3v) is 3.89. The van der Waals surface area contributed by atoms with Gasteiger partial charge in [0.15, 0.2) is 0 Å². The van der Waals surface area contributed by atoms with E-state index < -0.39 is 0 Å². The minimum Gasteiger partial charge on any atom is -0.350 e. The lowest BCUT2D eigenvalue weighted by Gasteiger charge is -2.28. The van der Waals surface area contributed by atoms with Gasteiger partial charge in [0.05, 0.1) is 6.04 Å². The van der Waals surface area contributed by atoms with Gasteiger partial charge in [-0.25, -0.2) is 0 Å². The fourth-order valence-electron chi connectivity index (χ4n) is 2.14. The Balaban J connectivity index is 2.64. The maximum atomic E-state index is 12.2. The fourth-order valence-corrected chi connectivity index (χ4v) is 2.14. The van der Waals surface area contributed by atoms with Crippen molar-refractivity contribution < 1.29 is 4.79 Å². The molecule has 0 aliphatic carbocycles. The number of carbonyl (C=O) groups is 1. The fraction of sp³-hybridized carbons (Fsp3) is 0.588. The molecule has 0 saturated heterocycles. The maximum absolute atomic E-state index is 12.2. The molecule has 1 rings (SSSR count). The monoisotopic (exact) mass is 276 g/mol. The highest BCUT2D eigenvalue weighted by atomic mass is 16.2. The first-order valence-electron chi connectivity index (χ1n) is 7.40. The van der Waals surface area contributed by atoms with E-state index in [1.165, 1.54) is 11.1 Å². The van der Waals surface area contributed by atoms with Crippen molar-refractivity contribution in [3.8, 4) is 0 Å². The first kappa shape index (κ1) is 16.7. The predicted molar refractivity (Wildman–Crippen MR) is 84.7 cm³/mol. The molecule has 0 heterocycles. The predicted octanol–water partition coefficient (Wildman–Crippen LogP) is 3.34. The lowest BCUT2D eigenvalue weighted by atomic mass is 10.0. The van der Waals surface area contributed by atoms with Crippen LogP contribution in [0.4, 0.5) is 0 Å². The second kappa shape index (κ2) is 6.89. The van der Waals surface area contributed by atoms with Crippen molar-refractivity contribution in [1.29, 1.82) is 0 Å². The molecule has 1 aromatic carbocycles. The molecule has 2 atom stereocenters. The zero-order valence-corrected chi connectivity index (χ0v) is 13.6. The van der Waals surface area contributed by atoms with Crippen molar-refractivity contribution in [3.05, 3.63) is 35.4 Å². The Bertz CT molecular complexity index is 454. The van der Waals surface area contributed by atoms with Crippen molar-refractivity contribution in [3.63, 3.8) is 0 Å².